The second-order valence-electron chi connectivity index (χ2n) is 5.72. The zero-order valence-electron chi connectivity index (χ0n) is 13.3. The predicted molar refractivity (Wildman–Crippen MR) is 83.9 cm³/mol. The van der Waals surface area contributed by atoms with Crippen LogP contribution in [0.2, 0.25) is 0 Å². The molecule has 0 aliphatic heterocycles. The summed E-state index contributed by atoms with van der Waals surface area (Å²) in [5.41, 5.74) is 0. The van der Waals surface area contributed by atoms with Crippen LogP contribution < -0.4 is 0 Å². The first-order valence-corrected chi connectivity index (χ1v) is 9.48. The standard InChI is InChI=1S/C15H30O5S/c1-3-4-5-6-7-8-9-10-11-12-14(17)15(13(2)16)21(18,19)20/h13,15-16H,3-12H2,1-2H3,(H,18,19,20). The third kappa shape index (κ3) is 9.98. The summed E-state index contributed by atoms with van der Waals surface area (Å²) in [5, 5.41) is 7.60. The monoisotopic (exact) mass is 322 g/mol. The van der Waals surface area contributed by atoms with E-state index in [0.29, 0.717) is 6.42 Å². The molecule has 0 fully saturated rings. The van der Waals surface area contributed by atoms with E-state index in [9.17, 15) is 18.3 Å². The lowest BCUT2D eigenvalue weighted by atomic mass is 10.0. The zero-order chi connectivity index (χ0) is 16.3. The molecular weight excluding hydrogens is 292 g/mol. The molecule has 0 amide bonds. The van der Waals surface area contributed by atoms with Crippen molar-refractivity contribution < 1.29 is 22.9 Å². The first kappa shape index (κ1) is 20.5. The van der Waals surface area contributed by atoms with Crippen LogP contribution in [0.15, 0.2) is 0 Å². The molecule has 0 aromatic rings. The Hall–Kier alpha value is -0.460. The van der Waals surface area contributed by atoms with Crippen molar-refractivity contribution in [1.29, 1.82) is 0 Å². The summed E-state index contributed by atoms with van der Waals surface area (Å²) in [5.74, 6) is -0.601. The number of ketones is 1. The molecule has 0 rings (SSSR count). The fraction of sp³-hybridized carbons (Fsp3) is 0.933. The number of rotatable bonds is 13. The van der Waals surface area contributed by atoms with E-state index >= 15 is 0 Å². The second-order valence-corrected chi connectivity index (χ2v) is 7.26. The second kappa shape index (κ2) is 11.2. The Labute approximate surface area is 128 Å². The Balaban J connectivity index is 3.79. The molecule has 0 heterocycles. The summed E-state index contributed by atoms with van der Waals surface area (Å²) >= 11 is 0. The van der Waals surface area contributed by atoms with Crippen molar-refractivity contribution in [2.75, 3.05) is 0 Å². The Bertz CT molecular complexity index is 376. The van der Waals surface area contributed by atoms with Crippen LogP contribution in [-0.2, 0) is 14.9 Å². The van der Waals surface area contributed by atoms with Crippen LogP contribution >= 0.6 is 0 Å². The predicted octanol–water partition coefficient (Wildman–Crippen LogP) is 3.11. The van der Waals surface area contributed by atoms with Crippen molar-refractivity contribution in [3.8, 4) is 0 Å². The van der Waals surface area contributed by atoms with E-state index in [0.717, 1.165) is 19.3 Å². The molecule has 21 heavy (non-hydrogen) atoms. The number of Topliss-reactive ketones (excluding diaryl/α,β-unsaturated/α-hetero) is 1. The summed E-state index contributed by atoms with van der Waals surface area (Å²) in [4.78, 5) is 11.7. The lowest BCUT2D eigenvalue weighted by Crippen LogP contribution is -2.39. The Morgan fingerprint density at radius 1 is 0.952 bits per heavy atom. The highest BCUT2D eigenvalue weighted by Gasteiger charge is 2.34. The average molecular weight is 322 g/mol. The van der Waals surface area contributed by atoms with Crippen molar-refractivity contribution in [3.05, 3.63) is 0 Å². The minimum absolute atomic E-state index is 0.0885. The Morgan fingerprint density at radius 2 is 1.38 bits per heavy atom. The van der Waals surface area contributed by atoms with Crippen LogP contribution in [0.1, 0.15) is 78.1 Å². The smallest absolute Gasteiger partial charge is 0.277 e. The topological polar surface area (TPSA) is 91.7 Å². The lowest BCUT2D eigenvalue weighted by Gasteiger charge is -2.15. The number of aliphatic hydroxyl groups excluding tert-OH is 1. The molecule has 2 N–H and O–H groups in total. The highest BCUT2D eigenvalue weighted by molar-refractivity contribution is 7.87. The van der Waals surface area contributed by atoms with Crippen LogP contribution in [-0.4, -0.2) is 35.2 Å². The summed E-state index contributed by atoms with van der Waals surface area (Å²) in [6, 6.07) is 0. The van der Waals surface area contributed by atoms with Crippen LogP contribution in [0.4, 0.5) is 0 Å². The highest BCUT2D eigenvalue weighted by atomic mass is 32.2. The minimum atomic E-state index is -4.52. The molecule has 0 aromatic carbocycles. The summed E-state index contributed by atoms with van der Waals surface area (Å²) < 4.78 is 31.1. The van der Waals surface area contributed by atoms with Gasteiger partial charge in [-0.05, 0) is 13.3 Å². The largest absolute Gasteiger partial charge is 0.391 e. The van der Waals surface area contributed by atoms with Gasteiger partial charge >= 0.3 is 0 Å². The van der Waals surface area contributed by atoms with E-state index in [-0.39, 0.29) is 6.42 Å². The van der Waals surface area contributed by atoms with Crippen molar-refractivity contribution in [1.82, 2.24) is 0 Å². The number of hydrogen-bond donors (Lipinski definition) is 2. The molecule has 2 unspecified atom stereocenters. The Kier molecular flexibility index (Phi) is 10.9. The fourth-order valence-electron chi connectivity index (χ4n) is 2.44. The maximum Gasteiger partial charge on any atom is 0.277 e. The van der Waals surface area contributed by atoms with Gasteiger partial charge in [0.25, 0.3) is 10.1 Å². The zero-order valence-corrected chi connectivity index (χ0v) is 14.1. The van der Waals surface area contributed by atoms with Gasteiger partial charge in [-0.3, -0.25) is 9.35 Å². The molecule has 0 bridgehead atoms. The first-order chi connectivity index (χ1) is 9.80. The molecule has 0 aliphatic carbocycles. The molecule has 2 atom stereocenters. The summed E-state index contributed by atoms with van der Waals surface area (Å²) in [6.07, 6.45) is 8.60. The molecule has 0 saturated heterocycles. The number of carbonyl (C=O) groups is 1. The molecule has 0 spiro atoms. The van der Waals surface area contributed by atoms with Gasteiger partial charge in [0, 0.05) is 6.42 Å². The van der Waals surface area contributed by atoms with Gasteiger partial charge in [0.2, 0.25) is 0 Å². The maximum atomic E-state index is 11.7. The molecule has 0 aliphatic rings. The van der Waals surface area contributed by atoms with E-state index in [2.05, 4.69) is 6.92 Å². The van der Waals surface area contributed by atoms with Crippen molar-refractivity contribution in [2.24, 2.45) is 0 Å². The van der Waals surface area contributed by atoms with Crippen molar-refractivity contribution in [2.45, 2.75) is 89.4 Å². The van der Waals surface area contributed by atoms with Gasteiger partial charge in [-0.25, -0.2) is 0 Å². The van der Waals surface area contributed by atoms with Crippen molar-refractivity contribution in [3.63, 3.8) is 0 Å². The van der Waals surface area contributed by atoms with E-state index in [4.69, 9.17) is 4.55 Å². The third-order valence-electron chi connectivity index (χ3n) is 3.60. The fourth-order valence-corrected chi connectivity index (χ4v) is 3.38. The highest BCUT2D eigenvalue weighted by Crippen LogP contribution is 2.14. The minimum Gasteiger partial charge on any atom is -0.391 e. The third-order valence-corrected chi connectivity index (χ3v) is 4.90. The molecule has 0 aromatic heterocycles. The summed E-state index contributed by atoms with van der Waals surface area (Å²) in [7, 11) is -4.52. The normalized spacial score (nSPS) is 14.9. The van der Waals surface area contributed by atoms with Crippen LogP contribution in [0.3, 0.4) is 0 Å². The summed E-state index contributed by atoms with van der Waals surface area (Å²) in [6.45, 7) is 3.39. The van der Waals surface area contributed by atoms with Gasteiger partial charge < -0.3 is 5.11 Å². The van der Waals surface area contributed by atoms with E-state index < -0.39 is 27.3 Å². The van der Waals surface area contributed by atoms with Gasteiger partial charge in [-0.15, -0.1) is 0 Å². The maximum absolute atomic E-state index is 11.7. The number of aliphatic hydroxyl groups is 1. The number of unbranched alkanes of at least 4 members (excludes halogenated alkanes) is 8. The quantitative estimate of drug-likeness (QED) is 0.401. The molecule has 6 heteroatoms. The van der Waals surface area contributed by atoms with Gasteiger partial charge in [0.1, 0.15) is 0 Å². The van der Waals surface area contributed by atoms with Gasteiger partial charge in [0.15, 0.2) is 11.0 Å². The van der Waals surface area contributed by atoms with Gasteiger partial charge in [-0.2, -0.15) is 8.42 Å². The van der Waals surface area contributed by atoms with E-state index in [1.165, 1.54) is 39.0 Å². The molecule has 0 radical (unpaired) electrons. The van der Waals surface area contributed by atoms with E-state index in [1.54, 1.807) is 0 Å². The molecule has 126 valence electrons. The average Bonchev–Trinajstić information content (AvgIpc) is 2.34. The van der Waals surface area contributed by atoms with E-state index in [1.807, 2.05) is 0 Å². The molecule has 0 saturated carbocycles. The van der Waals surface area contributed by atoms with Crippen LogP contribution in [0.25, 0.3) is 0 Å². The van der Waals surface area contributed by atoms with Gasteiger partial charge in [-0.1, -0.05) is 58.3 Å². The number of hydrogen-bond acceptors (Lipinski definition) is 4. The Morgan fingerprint density at radius 3 is 1.76 bits per heavy atom. The first-order valence-electron chi connectivity index (χ1n) is 7.97. The molecular formula is C15H30O5S. The van der Waals surface area contributed by atoms with Crippen molar-refractivity contribution >= 4 is 15.9 Å². The number of carbonyl (C=O) groups excluding carboxylic acids is 1. The lowest BCUT2D eigenvalue weighted by molar-refractivity contribution is -0.120. The van der Waals surface area contributed by atoms with Crippen LogP contribution in [0.5, 0.6) is 0 Å². The SMILES string of the molecule is CCCCCCCCCCCC(=O)C(C(C)O)S(=O)(=O)O. The van der Waals surface area contributed by atoms with Crippen LogP contribution in [0, 0.1) is 0 Å². The molecule has 5 nitrogen and oxygen atoms in total. The van der Waals surface area contributed by atoms with Gasteiger partial charge in [0.05, 0.1) is 6.10 Å².